The topological polar surface area (TPSA) is 64.9 Å². The van der Waals surface area contributed by atoms with Gasteiger partial charge in [0.25, 0.3) is 5.91 Å². The number of anilines is 1. The highest BCUT2D eigenvalue weighted by molar-refractivity contribution is 6.06. The molecule has 0 spiro atoms. The number of carbonyl (C=O) groups excluding carboxylic acids is 1. The molecule has 0 aromatic heterocycles. The van der Waals surface area contributed by atoms with Crippen molar-refractivity contribution in [2.45, 2.75) is 33.1 Å². The van der Waals surface area contributed by atoms with Gasteiger partial charge >= 0.3 is 0 Å². The van der Waals surface area contributed by atoms with Gasteiger partial charge in [-0.1, -0.05) is 31.9 Å². The van der Waals surface area contributed by atoms with Crippen molar-refractivity contribution in [3.8, 4) is 6.07 Å². The van der Waals surface area contributed by atoms with Crippen LogP contribution in [0.2, 0.25) is 0 Å². The first-order valence-corrected chi connectivity index (χ1v) is 6.89. The molecule has 1 rings (SSSR count). The van der Waals surface area contributed by atoms with E-state index in [1.165, 1.54) is 6.20 Å². The number of rotatable bonds is 7. The summed E-state index contributed by atoms with van der Waals surface area (Å²) in [5.74, 6) is -0.388. The number of nitrogens with one attached hydrogen (secondary N) is 2. The van der Waals surface area contributed by atoms with Crippen molar-refractivity contribution < 1.29 is 4.79 Å². The number of aryl methyl sites for hydroxylation is 1. The van der Waals surface area contributed by atoms with Crippen LogP contribution in [0.1, 0.15) is 31.7 Å². The summed E-state index contributed by atoms with van der Waals surface area (Å²) in [4.78, 5) is 11.9. The van der Waals surface area contributed by atoms with Gasteiger partial charge in [0, 0.05) is 18.4 Å². The Hall–Kier alpha value is -2.28. The van der Waals surface area contributed by atoms with Gasteiger partial charge in [-0.15, -0.1) is 0 Å². The number of nitrogens with zero attached hydrogens (tertiary/aromatic N) is 1. The largest absolute Gasteiger partial charge is 0.390 e. The molecule has 0 atom stereocenters. The van der Waals surface area contributed by atoms with E-state index in [1.54, 1.807) is 6.07 Å². The molecule has 0 aliphatic heterocycles. The molecule has 106 valence electrons. The minimum absolute atomic E-state index is 0.0861. The van der Waals surface area contributed by atoms with Crippen molar-refractivity contribution in [2.75, 3.05) is 11.9 Å². The van der Waals surface area contributed by atoms with E-state index >= 15 is 0 Å². The van der Waals surface area contributed by atoms with Crippen LogP contribution in [0.4, 0.5) is 5.69 Å². The SMILES string of the molecule is CCCCCN/C=C(/C#N)C(=O)Nc1cccc(C)c1. The molecular weight excluding hydrogens is 250 g/mol. The second-order valence-corrected chi connectivity index (χ2v) is 4.65. The second-order valence-electron chi connectivity index (χ2n) is 4.65. The first-order chi connectivity index (χ1) is 9.67. The molecule has 1 aromatic carbocycles. The summed E-state index contributed by atoms with van der Waals surface area (Å²) in [7, 11) is 0. The van der Waals surface area contributed by atoms with Gasteiger partial charge in [0.2, 0.25) is 0 Å². The van der Waals surface area contributed by atoms with E-state index in [0.29, 0.717) is 5.69 Å². The lowest BCUT2D eigenvalue weighted by atomic mass is 10.2. The van der Waals surface area contributed by atoms with E-state index in [2.05, 4.69) is 17.6 Å². The smallest absolute Gasteiger partial charge is 0.267 e. The van der Waals surface area contributed by atoms with Crippen LogP contribution >= 0.6 is 0 Å². The average molecular weight is 271 g/mol. The molecule has 20 heavy (non-hydrogen) atoms. The molecule has 0 unspecified atom stereocenters. The summed E-state index contributed by atoms with van der Waals surface area (Å²) in [5.41, 5.74) is 1.84. The Balaban J connectivity index is 2.55. The number of benzene rings is 1. The van der Waals surface area contributed by atoms with Gasteiger partial charge in [0.05, 0.1) is 0 Å². The maximum Gasteiger partial charge on any atom is 0.267 e. The fourth-order valence-electron chi connectivity index (χ4n) is 1.72. The maximum absolute atomic E-state index is 11.9. The Labute approximate surface area is 120 Å². The molecule has 0 fully saturated rings. The van der Waals surface area contributed by atoms with Gasteiger partial charge in [0.1, 0.15) is 11.6 Å². The quantitative estimate of drug-likeness (QED) is 0.455. The molecule has 0 bridgehead atoms. The minimum atomic E-state index is -0.388. The van der Waals surface area contributed by atoms with Crippen molar-refractivity contribution in [2.24, 2.45) is 0 Å². The third-order valence-electron chi connectivity index (χ3n) is 2.81. The third-order valence-corrected chi connectivity index (χ3v) is 2.81. The number of nitriles is 1. The van der Waals surface area contributed by atoms with E-state index in [0.717, 1.165) is 31.4 Å². The minimum Gasteiger partial charge on any atom is -0.390 e. The highest BCUT2D eigenvalue weighted by atomic mass is 16.1. The van der Waals surface area contributed by atoms with E-state index < -0.39 is 0 Å². The average Bonchev–Trinajstić information content (AvgIpc) is 2.42. The fourth-order valence-corrected chi connectivity index (χ4v) is 1.72. The van der Waals surface area contributed by atoms with Gasteiger partial charge in [-0.05, 0) is 31.0 Å². The molecular formula is C16H21N3O. The predicted octanol–water partition coefficient (Wildman–Crippen LogP) is 3.12. The van der Waals surface area contributed by atoms with Crippen LogP contribution in [0.3, 0.4) is 0 Å². The van der Waals surface area contributed by atoms with Crippen molar-refractivity contribution in [1.82, 2.24) is 5.32 Å². The van der Waals surface area contributed by atoms with Crippen LogP contribution < -0.4 is 10.6 Å². The monoisotopic (exact) mass is 271 g/mol. The molecule has 4 nitrogen and oxygen atoms in total. The lowest BCUT2D eigenvalue weighted by molar-refractivity contribution is -0.112. The molecule has 0 saturated heterocycles. The fraction of sp³-hybridized carbons (Fsp3) is 0.375. The lowest BCUT2D eigenvalue weighted by Gasteiger charge is -2.05. The van der Waals surface area contributed by atoms with E-state index in [-0.39, 0.29) is 11.5 Å². The van der Waals surface area contributed by atoms with Crippen molar-refractivity contribution in [3.05, 3.63) is 41.6 Å². The van der Waals surface area contributed by atoms with E-state index in [4.69, 9.17) is 5.26 Å². The zero-order chi connectivity index (χ0) is 14.8. The van der Waals surface area contributed by atoms with Crippen LogP contribution in [0.5, 0.6) is 0 Å². The number of hydrogen-bond acceptors (Lipinski definition) is 3. The van der Waals surface area contributed by atoms with Gasteiger partial charge in [-0.3, -0.25) is 4.79 Å². The second kappa shape index (κ2) is 8.76. The van der Waals surface area contributed by atoms with Crippen LogP contribution in [0, 0.1) is 18.3 Å². The molecule has 1 amide bonds. The molecule has 1 aromatic rings. The summed E-state index contributed by atoms with van der Waals surface area (Å²) in [6.07, 6.45) is 4.80. The number of unbranched alkanes of at least 4 members (excludes halogenated alkanes) is 2. The Morgan fingerprint density at radius 1 is 1.40 bits per heavy atom. The third kappa shape index (κ3) is 5.57. The normalized spacial score (nSPS) is 10.8. The summed E-state index contributed by atoms with van der Waals surface area (Å²) in [6, 6.07) is 9.39. The summed E-state index contributed by atoms with van der Waals surface area (Å²) >= 11 is 0. The maximum atomic E-state index is 11.9. The van der Waals surface area contributed by atoms with E-state index in [1.807, 2.05) is 31.2 Å². The highest BCUT2D eigenvalue weighted by Gasteiger charge is 2.08. The van der Waals surface area contributed by atoms with Gasteiger partial charge in [0.15, 0.2) is 0 Å². The number of amides is 1. The summed E-state index contributed by atoms with van der Waals surface area (Å²) in [5, 5.41) is 14.7. The molecule has 0 aliphatic rings. The summed E-state index contributed by atoms with van der Waals surface area (Å²) in [6.45, 7) is 4.86. The zero-order valence-electron chi connectivity index (χ0n) is 12.1. The van der Waals surface area contributed by atoms with Crippen LogP contribution in [0.15, 0.2) is 36.0 Å². The standard InChI is InChI=1S/C16H21N3O/c1-3-4-5-9-18-12-14(11-17)16(20)19-15-8-6-7-13(2)10-15/h6-8,10,12,18H,3-5,9H2,1-2H3,(H,19,20)/b14-12-. The Kier molecular flexibility index (Phi) is 6.91. The Morgan fingerprint density at radius 2 is 2.20 bits per heavy atom. The Bertz CT molecular complexity index is 515. The lowest BCUT2D eigenvalue weighted by Crippen LogP contribution is -2.17. The number of hydrogen-bond donors (Lipinski definition) is 2. The van der Waals surface area contributed by atoms with Gasteiger partial charge < -0.3 is 10.6 Å². The molecule has 0 saturated carbocycles. The zero-order valence-corrected chi connectivity index (χ0v) is 12.1. The van der Waals surface area contributed by atoms with Crippen molar-refractivity contribution >= 4 is 11.6 Å². The molecule has 2 N–H and O–H groups in total. The predicted molar refractivity (Wildman–Crippen MR) is 81.0 cm³/mol. The van der Waals surface area contributed by atoms with Gasteiger partial charge in [-0.25, -0.2) is 0 Å². The molecule has 0 heterocycles. The number of carbonyl (C=O) groups is 1. The highest BCUT2D eigenvalue weighted by Crippen LogP contribution is 2.10. The van der Waals surface area contributed by atoms with E-state index in [9.17, 15) is 4.79 Å². The van der Waals surface area contributed by atoms with Crippen molar-refractivity contribution in [3.63, 3.8) is 0 Å². The first-order valence-electron chi connectivity index (χ1n) is 6.89. The first kappa shape index (κ1) is 15.8. The van der Waals surface area contributed by atoms with Crippen LogP contribution in [-0.4, -0.2) is 12.5 Å². The van der Waals surface area contributed by atoms with Crippen LogP contribution in [0.25, 0.3) is 0 Å². The molecule has 0 radical (unpaired) electrons. The molecule has 4 heteroatoms. The summed E-state index contributed by atoms with van der Waals surface area (Å²) < 4.78 is 0. The van der Waals surface area contributed by atoms with Crippen LogP contribution in [-0.2, 0) is 4.79 Å². The Morgan fingerprint density at radius 3 is 2.85 bits per heavy atom. The van der Waals surface area contributed by atoms with Crippen molar-refractivity contribution in [1.29, 1.82) is 5.26 Å². The van der Waals surface area contributed by atoms with Gasteiger partial charge in [-0.2, -0.15) is 5.26 Å². The molecule has 0 aliphatic carbocycles.